The van der Waals surface area contributed by atoms with Crippen molar-refractivity contribution in [1.29, 1.82) is 0 Å². The minimum atomic E-state index is -0.348. The fourth-order valence-electron chi connectivity index (χ4n) is 1.64. The third-order valence-corrected chi connectivity index (χ3v) is 2.53. The molecule has 0 atom stereocenters. The molecular weight excluding hydrogens is 268 g/mol. The van der Waals surface area contributed by atoms with Crippen LogP contribution in [0.15, 0.2) is 58.8 Å². The normalized spacial score (nSPS) is 10.6. The van der Waals surface area contributed by atoms with E-state index in [0.717, 1.165) is 11.4 Å². The van der Waals surface area contributed by atoms with E-state index in [2.05, 4.69) is 10.2 Å². The fraction of sp³-hybridized carbons (Fsp3) is 0.188. The molecule has 0 fully saturated rings. The average Bonchev–Trinajstić information content (AvgIpc) is 2.48. The van der Waals surface area contributed by atoms with E-state index in [1.807, 2.05) is 31.2 Å². The standard InChI is InChI=1S/C16H16N2O3/c1-3-20-15-8-4-13(5-9-15)17-18-14-6-10-16(11-7-14)21-12(2)19/h4-11H,3H2,1-2H3. The number of hydrogen-bond donors (Lipinski definition) is 0. The Balaban J connectivity index is 2.01. The first kappa shape index (κ1) is 14.7. The van der Waals surface area contributed by atoms with Gasteiger partial charge in [-0.15, -0.1) is 0 Å². The molecule has 0 aliphatic carbocycles. The molecule has 0 bridgehead atoms. The zero-order valence-electron chi connectivity index (χ0n) is 11.9. The lowest BCUT2D eigenvalue weighted by atomic mass is 10.3. The van der Waals surface area contributed by atoms with Gasteiger partial charge in [-0.2, -0.15) is 10.2 Å². The Morgan fingerprint density at radius 3 is 1.81 bits per heavy atom. The molecule has 5 nitrogen and oxygen atoms in total. The van der Waals surface area contributed by atoms with Gasteiger partial charge in [0.2, 0.25) is 0 Å². The number of benzene rings is 2. The van der Waals surface area contributed by atoms with E-state index >= 15 is 0 Å². The highest BCUT2D eigenvalue weighted by molar-refractivity contribution is 5.69. The highest BCUT2D eigenvalue weighted by Gasteiger charge is 1.98. The van der Waals surface area contributed by atoms with Gasteiger partial charge in [-0.3, -0.25) is 4.79 Å². The maximum atomic E-state index is 10.8. The predicted molar refractivity (Wildman–Crippen MR) is 79.5 cm³/mol. The summed E-state index contributed by atoms with van der Waals surface area (Å²) in [5.74, 6) is 0.948. The monoisotopic (exact) mass is 284 g/mol. The van der Waals surface area contributed by atoms with Crippen molar-refractivity contribution in [3.05, 3.63) is 48.5 Å². The zero-order chi connectivity index (χ0) is 15.1. The summed E-state index contributed by atoms with van der Waals surface area (Å²) in [7, 11) is 0. The summed E-state index contributed by atoms with van der Waals surface area (Å²) in [6.07, 6.45) is 0. The third kappa shape index (κ3) is 4.72. The van der Waals surface area contributed by atoms with Gasteiger partial charge in [-0.1, -0.05) is 0 Å². The minimum absolute atomic E-state index is 0.348. The van der Waals surface area contributed by atoms with Crippen molar-refractivity contribution in [2.45, 2.75) is 13.8 Å². The molecule has 5 heteroatoms. The van der Waals surface area contributed by atoms with E-state index in [4.69, 9.17) is 9.47 Å². The summed E-state index contributed by atoms with van der Waals surface area (Å²) >= 11 is 0. The lowest BCUT2D eigenvalue weighted by Gasteiger charge is -2.02. The van der Waals surface area contributed by atoms with Crippen LogP contribution in [0, 0.1) is 0 Å². The van der Waals surface area contributed by atoms with Crippen molar-refractivity contribution < 1.29 is 14.3 Å². The zero-order valence-corrected chi connectivity index (χ0v) is 11.9. The first-order chi connectivity index (χ1) is 10.2. The molecule has 21 heavy (non-hydrogen) atoms. The van der Waals surface area contributed by atoms with E-state index < -0.39 is 0 Å². The number of carbonyl (C=O) groups excluding carboxylic acids is 1. The molecule has 2 aromatic carbocycles. The summed E-state index contributed by atoms with van der Waals surface area (Å²) in [6.45, 7) is 3.93. The van der Waals surface area contributed by atoms with Gasteiger partial charge in [0.15, 0.2) is 0 Å². The molecule has 2 aromatic rings. The van der Waals surface area contributed by atoms with Gasteiger partial charge in [0, 0.05) is 6.92 Å². The van der Waals surface area contributed by atoms with Crippen LogP contribution in [0.4, 0.5) is 11.4 Å². The number of nitrogens with zero attached hydrogens (tertiary/aromatic N) is 2. The smallest absolute Gasteiger partial charge is 0.308 e. The number of rotatable bonds is 5. The second kappa shape index (κ2) is 7.19. The molecule has 0 aromatic heterocycles. The highest BCUT2D eigenvalue weighted by Crippen LogP contribution is 2.23. The topological polar surface area (TPSA) is 60.3 Å². The van der Waals surface area contributed by atoms with Gasteiger partial charge in [0.1, 0.15) is 11.5 Å². The molecule has 0 saturated carbocycles. The van der Waals surface area contributed by atoms with E-state index in [9.17, 15) is 4.79 Å². The van der Waals surface area contributed by atoms with Gasteiger partial charge >= 0.3 is 5.97 Å². The molecule has 0 saturated heterocycles. The van der Waals surface area contributed by atoms with Crippen LogP contribution in [0.25, 0.3) is 0 Å². The van der Waals surface area contributed by atoms with Crippen LogP contribution in [0.3, 0.4) is 0 Å². The Hall–Kier alpha value is -2.69. The lowest BCUT2D eigenvalue weighted by Crippen LogP contribution is -2.00. The predicted octanol–water partition coefficient (Wildman–Crippen LogP) is 4.43. The molecule has 0 radical (unpaired) electrons. The molecule has 0 heterocycles. The number of esters is 1. The number of ether oxygens (including phenoxy) is 2. The van der Waals surface area contributed by atoms with Crippen molar-refractivity contribution in [2.24, 2.45) is 10.2 Å². The quantitative estimate of drug-likeness (QED) is 0.463. The number of carbonyl (C=O) groups is 1. The minimum Gasteiger partial charge on any atom is -0.494 e. The molecule has 2 rings (SSSR count). The van der Waals surface area contributed by atoms with E-state index in [1.165, 1.54) is 6.92 Å². The fourth-order valence-corrected chi connectivity index (χ4v) is 1.64. The first-order valence-corrected chi connectivity index (χ1v) is 6.60. The molecule has 0 N–H and O–H groups in total. The second-order valence-electron chi connectivity index (χ2n) is 4.21. The highest BCUT2D eigenvalue weighted by atomic mass is 16.5. The van der Waals surface area contributed by atoms with Crippen LogP contribution in [0.1, 0.15) is 13.8 Å². The number of hydrogen-bond acceptors (Lipinski definition) is 5. The first-order valence-electron chi connectivity index (χ1n) is 6.60. The Bertz CT molecular complexity index is 619. The largest absolute Gasteiger partial charge is 0.494 e. The molecule has 0 aliphatic rings. The molecule has 0 spiro atoms. The van der Waals surface area contributed by atoms with Crippen molar-refractivity contribution >= 4 is 17.3 Å². The summed E-state index contributed by atoms with van der Waals surface area (Å²) < 4.78 is 10.3. The Morgan fingerprint density at radius 2 is 1.38 bits per heavy atom. The van der Waals surface area contributed by atoms with Crippen molar-refractivity contribution in [1.82, 2.24) is 0 Å². The maximum Gasteiger partial charge on any atom is 0.308 e. The summed E-state index contributed by atoms with van der Waals surface area (Å²) in [4.78, 5) is 10.8. The lowest BCUT2D eigenvalue weighted by molar-refractivity contribution is -0.131. The van der Waals surface area contributed by atoms with E-state index in [1.54, 1.807) is 24.3 Å². The Labute approximate surface area is 123 Å². The van der Waals surface area contributed by atoms with Crippen LogP contribution in [0.2, 0.25) is 0 Å². The Kier molecular flexibility index (Phi) is 5.04. The van der Waals surface area contributed by atoms with E-state index in [-0.39, 0.29) is 5.97 Å². The molecular formula is C16H16N2O3. The molecule has 0 amide bonds. The van der Waals surface area contributed by atoms with Crippen molar-refractivity contribution in [3.63, 3.8) is 0 Å². The summed E-state index contributed by atoms with van der Waals surface area (Å²) in [6, 6.07) is 14.2. The van der Waals surface area contributed by atoms with Gasteiger partial charge in [0.05, 0.1) is 18.0 Å². The van der Waals surface area contributed by atoms with Crippen LogP contribution in [-0.4, -0.2) is 12.6 Å². The maximum absolute atomic E-state index is 10.8. The molecule has 0 aliphatic heterocycles. The van der Waals surface area contributed by atoms with Crippen LogP contribution < -0.4 is 9.47 Å². The third-order valence-electron chi connectivity index (χ3n) is 2.53. The van der Waals surface area contributed by atoms with Gasteiger partial charge in [-0.05, 0) is 55.5 Å². The van der Waals surface area contributed by atoms with Crippen molar-refractivity contribution in [3.8, 4) is 11.5 Å². The second-order valence-corrected chi connectivity index (χ2v) is 4.21. The van der Waals surface area contributed by atoms with Gasteiger partial charge in [0.25, 0.3) is 0 Å². The molecule has 0 unspecified atom stereocenters. The van der Waals surface area contributed by atoms with Gasteiger partial charge < -0.3 is 9.47 Å². The van der Waals surface area contributed by atoms with Crippen LogP contribution >= 0.6 is 0 Å². The summed E-state index contributed by atoms with van der Waals surface area (Å²) in [5, 5.41) is 8.25. The number of azo groups is 1. The summed E-state index contributed by atoms with van der Waals surface area (Å²) in [5.41, 5.74) is 1.42. The molecule has 108 valence electrons. The van der Waals surface area contributed by atoms with Crippen LogP contribution in [0.5, 0.6) is 11.5 Å². The van der Waals surface area contributed by atoms with Gasteiger partial charge in [-0.25, -0.2) is 0 Å². The average molecular weight is 284 g/mol. The van der Waals surface area contributed by atoms with Crippen molar-refractivity contribution in [2.75, 3.05) is 6.61 Å². The SMILES string of the molecule is CCOc1ccc(N=Nc2ccc(OC(C)=O)cc2)cc1. The van der Waals surface area contributed by atoms with E-state index in [0.29, 0.717) is 18.0 Å². The van der Waals surface area contributed by atoms with Crippen LogP contribution in [-0.2, 0) is 4.79 Å². The Morgan fingerprint density at radius 1 is 0.905 bits per heavy atom.